The number of halogens is 3. The molecule has 2 N–H and O–H groups in total. The first-order chi connectivity index (χ1) is 15.8. The number of carbonyl (C=O) groups excluding carboxylic acids is 1. The normalized spacial score (nSPS) is 17.8. The molecular formula is C23H24F3N5OS. The van der Waals surface area contributed by atoms with Crippen LogP contribution >= 0.6 is 11.8 Å². The van der Waals surface area contributed by atoms with Crippen LogP contribution in [-0.4, -0.2) is 26.0 Å². The van der Waals surface area contributed by atoms with Gasteiger partial charge in [0.25, 0.3) is 0 Å². The zero-order valence-corrected chi connectivity index (χ0v) is 19.0. The summed E-state index contributed by atoms with van der Waals surface area (Å²) in [6.45, 7) is 4.11. The zero-order valence-electron chi connectivity index (χ0n) is 18.2. The number of nitrogens with one attached hydrogen (secondary N) is 2. The Bertz CT molecular complexity index is 1130. The van der Waals surface area contributed by atoms with Crippen LogP contribution in [0.3, 0.4) is 0 Å². The van der Waals surface area contributed by atoms with Gasteiger partial charge in [0, 0.05) is 12.1 Å². The number of aryl methyl sites for hydroxylation is 2. The Balaban J connectivity index is 1.65. The third kappa shape index (κ3) is 5.00. The standard InChI is InChI=1S/C23H24F3N5OS/c1-3-6-18-28-29-22-31(18)30-19(15-11-9-14(4-2)10-12-15)20(33-22)21(32)27-17-8-5-7-16(13-17)23(24,25)26/h5,7-13,19-20,30H,3-4,6H2,1-2H3,(H,27,32). The van der Waals surface area contributed by atoms with Gasteiger partial charge in [-0.15, -0.1) is 10.2 Å². The summed E-state index contributed by atoms with van der Waals surface area (Å²) in [5, 5.41) is 11.0. The van der Waals surface area contributed by atoms with Gasteiger partial charge in [-0.1, -0.05) is 55.9 Å². The van der Waals surface area contributed by atoms with Crippen LogP contribution in [0.5, 0.6) is 0 Å². The van der Waals surface area contributed by atoms with E-state index in [-0.39, 0.29) is 5.69 Å². The smallest absolute Gasteiger partial charge is 0.325 e. The zero-order chi connectivity index (χ0) is 23.6. The number of hydrogen-bond donors (Lipinski definition) is 2. The molecule has 4 rings (SSSR count). The van der Waals surface area contributed by atoms with Gasteiger partial charge in [-0.3, -0.25) is 4.79 Å². The van der Waals surface area contributed by atoms with Crippen LogP contribution in [-0.2, 0) is 23.8 Å². The van der Waals surface area contributed by atoms with Gasteiger partial charge in [-0.2, -0.15) is 13.2 Å². The van der Waals surface area contributed by atoms with Gasteiger partial charge in [-0.25, -0.2) is 4.68 Å². The van der Waals surface area contributed by atoms with E-state index in [4.69, 9.17) is 0 Å². The van der Waals surface area contributed by atoms with Crippen LogP contribution in [0.2, 0.25) is 0 Å². The molecule has 0 fully saturated rings. The molecule has 1 amide bonds. The predicted molar refractivity (Wildman–Crippen MR) is 122 cm³/mol. The molecule has 0 aliphatic carbocycles. The van der Waals surface area contributed by atoms with Crippen molar-refractivity contribution in [1.29, 1.82) is 0 Å². The highest BCUT2D eigenvalue weighted by atomic mass is 32.2. The number of alkyl halides is 3. The number of anilines is 1. The lowest BCUT2D eigenvalue weighted by atomic mass is 10.0. The number of aromatic nitrogens is 3. The van der Waals surface area contributed by atoms with Crippen molar-refractivity contribution < 1.29 is 18.0 Å². The average Bonchev–Trinajstić information content (AvgIpc) is 3.20. The fourth-order valence-electron chi connectivity index (χ4n) is 3.68. The summed E-state index contributed by atoms with van der Waals surface area (Å²) in [7, 11) is 0. The van der Waals surface area contributed by atoms with Crippen LogP contribution < -0.4 is 10.7 Å². The third-order valence-corrected chi connectivity index (χ3v) is 6.66. The fraction of sp³-hybridized carbons (Fsp3) is 0.348. The molecule has 33 heavy (non-hydrogen) atoms. The summed E-state index contributed by atoms with van der Waals surface area (Å²) in [6, 6.07) is 12.2. The molecule has 0 radical (unpaired) electrons. The summed E-state index contributed by atoms with van der Waals surface area (Å²) >= 11 is 1.25. The van der Waals surface area contributed by atoms with E-state index in [1.54, 1.807) is 4.68 Å². The number of nitrogens with zero attached hydrogens (tertiary/aromatic N) is 3. The summed E-state index contributed by atoms with van der Waals surface area (Å²) in [5.74, 6) is 0.356. The van der Waals surface area contributed by atoms with Gasteiger partial charge >= 0.3 is 6.18 Å². The molecular weight excluding hydrogens is 451 g/mol. The van der Waals surface area contributed by atoms with Crippen LogP contribution in [0, 0.1) is 0 Å². The van der Waals surface area contributed by atoms with E-state index in [1.165, 1.54) is 29.5 Å². The van der Waals surface area contributed by atoms with Crippen molar-refractivity contribution in [3.63, 3.8) is 0 Å². The van der Waals surface area contributed by atoms with Crippen molar-refractivity contribution in [2.45, 2.75) is 55.7 Å². The minimum atomic E-state index is -4.49. The second-order valence-electron chi connectivity index (χ2n) is 7.79. The Morgan fingerprint density at radius 1 is 1.15 bits per heavy atom. The first-order valence-electron chi connectivity index (χ1n) is 10.7. The lowest BCUT2D eigenvalue weighted by Crippen LogP contribution is -2.41. The number of rotatable bonds is 6. The van der Waals surface area contributed by atoms with E-state index in [9.17, 15) is 18.0 Å². The van der Waals surface area contributed by atoms with Crippen molar-refractivity contribution in [3.8, 4) is 0 Å². The molecule has 1 aromatic heterocycles. The molecule has 1 aliphatic rings. The van der Waals surface area contributed by atoms with Crippen LogP contribution in [0.1, 0.15) is 48.8 Å². The maximum atomic E-state index is 13.3. The Morgan fingerprint density at radius 2 is 1.91 bits per heavy atom. The van der Waals surface area contributed by atoms with Gasteiger partial charge < -0.3 is 10.7 Å². The number of thioether (sulfide) groups is 1. The molecule has 2 unspecified atom stereocenters. The van der Waals surface area contributed by atoms with Gasteiger partial charge in [0.15, 0.2) is 5.82 Å². The highest BCUT2D eigenvalue weighted by molar-refractivity contribution is 8.00. The summed E-state index contributed by atoms with van der Waals surface area (Å²) in [6.07, 6.45) is -1.98. The molecule has 2 aromatic carbocycles. The molecule has 3 aromatic rings. The van der Waals surface area contributed by atoms with E-state index in [1.807, 2.05) is 31.2 Å². The van der Waals surface area contributed by atoms with E-state index in [0.717, 1.165) is 42.8 Å². The second-order valence-corrected chi connectivity index (χ2v) is 8.90. The van der Waals surface area contributed by atoms with Gasteiger partial charge in [0.05, 0.1) is 11.6 Å². The lowest BCUT2D eigenvalue weighted by Gasteiger charge is -2.33. The van der Waals surface area contributed by atoms with E-state index in [2.05, 4.69) is 27.9 Å². The Hall–Kier alpha value is -3.01. The fourth-order valence-corrected chi connectivity index (χ4v) is 4.78. The number of benzene rings is 2. The molecule has 2 atom stereocenters. The van der Waals surface area contributed by atoms with Gasteiger partial charge in [-0.05, 0) is 42.2 Å². The maximum Gasteiger partial charge on any atom is 0.416 e. The number of hydrogen-bond acceptors (Lipinski definition) is 5. The molecule has 2 heterocycles. The maximum absolute atomic E-state index is 13.3. The van der Waals surface area contributed by atoms with Gasteiger partial charge in [0.2, 0.25) is 11.1 Å². The predicted octanol–water partition coefficient (Wildman–Crippen LogP) is 5.21. The molecule has 0 saturated carbocycles. The Labute approximate surface area is 194 Å². The number of fused-ring (bicyclic) bond motifs is 1. The quantitative estimate of drug-likeness (QED) is 0.512. The average molecular weight is 476 g/mol. The minimum Gasteiger partial charge on any atom is -0.325 e. The van der Waals surface area contributed by atoms with Crippen LogP contribution in [0.15, 0.2) is 53.7 Å². The second kappa shape index (κ2) is 9.46. The molecule has 1 aliphatic heterocycles. The number of carbonyl (C=O) groups is 1. The Morgan fingerprint density at radius 3 is 2.58 bits per heavy atom. The first-order valence-corrected chi connectivity index (χ1v) is 11.6. The largest absolute Gasteiger partial charge is 0.416 e. The van der Waals surface area contributed by atoms with E-state index < -0.39 is 28.9 Å². The third-order valence-electron chi connectivity index (χ3n) is 5.44. The van der Waals surface area contributed by atoms with Crippen LogP contribution in [0.25, 0.3) is 0 Å². The molecule has 0 saturated heterocycles. The van der Waals surface area contributed by atoms with Crippen LogP contribution in [0.4, 0.5) is 18.9 Å². The van der Waals surface area contributed by atoms with Crippen molar-refractivity contribution in [2.24, 2.45) is 0 Å². The lowest BCUT2D eigenvalue weighted by molar-refractivity contribution is -0.137. The highest BCUT2D eigenvalue weighted by Crippen LogP contribution is 2.38. The highest BCUT2D eigenvalue weighted by Gasteiger charge is 2.38. The summed E-state index contributed by atoms with van der Waals surface area (Å²) < 4.78 is 41.1. The van der Waals surface area contributed by atoms with E-state index >= 15 is 0 Å². The molecule has 174 valence electrons. The first kappa shape index (κ1) is 23.2. The minimum absolute atomic E-state index is 0.0919. The van der Waals surface area contributed by atoms with Gasteiger partial charge in [0.1, 0.15) is 5.25 Å². The van der Waals surface area contributed by atoms with Crippen molar-refractivity contribution >= 4 is 23.4 Å². The number of amides is 1. The monoisotopic (exact) mass is 475 g/mol. The topological polar surface area (TPSA) is 71.8 Å². The molecule has 0 spiro atoms. The molecule has 0 bridgehead atoms. The summed E-state index contributed by atoms with van der Waals surface area (Å²) in [4.78, 5) is 13.3. The summed E-state index contributed by atoms with van der Waals surface area (Å²) in [5.41, 5.74) is 4.71. The van der Waals surface area contributed by atoms with Crippen molar-refractivity contribution in [1.82, 2.24) is 14.9 Å². The Kier molecular flexibility index (Phi) is 6.64. The van der Waals surface area contributed by atoms with Crippen molar-refractivity contribution in [3.05, 3.63) is 71.0 Å². The molecule has 10 heteroatoms. The molecule has 6 nitrogen and oxygen atoms in total. The van der Waals surface area contributed by atoms with Crippen molar-refractivity contribution in [2.75, 3.05) is 10.7 Å². The van der Waals surface area contributed by atoms with E-state index in [0.29, 0.717) is 5.16 Å². The SMILES string of the molecule is CCCc1nnc2n1NC(c1ccc(CC)cc1)C(C(=O)Nc1cccc(C(F)(F)F)c1)S2.